The summed E-state index contributed by atoms with van der Waals surface area (Å²) in [5.74, 6) is 0. The summed E-state index contributed by atoms with van der Waals surface area (Å²) in [6.45, 7) is 3.07. The quantitative estimate of drug-likeness (QED) is 0.798. The number of piperidine rings is 1. The fourth-order valence-corrected chi connectivity index (χ4v) is 1.92. The van der Waals surface area contributed by atoms with Crippen LogP contribution >= 0.6 is 0 Å². The molecular formula is C13H21NO4S. The van der Waals surface area contributed by atoms with Crippen LogP contribution in [-0.4, -0.2) is 48.4 Å². The second-order valence-electron chi connectivity index (χ2n) is 4.73. The van der Waals surface area contributed by atoms with Crippen molar-refractivity contribution in [3.8, 4) is 0 Å². The van der Waals surface area contributed by atoms with E-state index in [1.54, 1.807) is 0 Å². The highest BCUT2D eigenvalue weighted by molar-refractivity contribution is 7.85. The van der Waals surface area contributed by atoms with Crippen LogP contribution in [0.2, 0.25) is 0 Å². The molecule has 0 unspecified atom stereocenters. The highest BCUT2D eigenvalue weighted by atomic mass is 32.2. The molecule has 1 fully saturated rings. The molecule has 2 N–H and O–H groups in total. The van der Waals surface area contributed by atoms with E-state index in [1.807, 2.05) is 6.07 Å². The van der Waals surface area contributed by atoms with Crippen LogP contribution in [0, 0.1) is 0 Å². The van der Waals surface area contributed by atoms with E-state index in [1.165, 1.54) is 5.56 Å². The first-order valence-electron chi connectivity index (χ1n) is 6.21. The van der Waals surface area contributed by atoms with Crippen molar-refractivity contribution in [2.45, 2.75) is 25.5 Å². The molecule has 0 amide bonds. The summed E-state index contributed by atoms with van der Waals surface area (Å²) in [4.78, 5) is 2.40. The third-order valence-corrected chi connectivity index (χ3v) is 2.81. The molecule has 0 aliphatic carbocycles. The summed E-state index contributed by atoms with van der Waals surface area (Å²) in [5, 5.41) is 9.37. The molecule has 1 aromatic rings. The summed E-state index contributed by atoms with van der Waals surface area (Å²) in [5.41, 5.74) is 1.36. The zero-order valence-electron chi connectivity index (χ0n) is 11.1. The van der Waals surface area contributed by atoms with Crippen molar-refractivity contribution in [1.29, 1.82) is 0 Å². The average Bonchev–Trinajstić information content (AvgIpc) is 2.31. The van der Waals surface area contributed by atoms with Crippen LogP contribution in [0.4, 0.5) is 0 Å². The summed E-state index contributed by atoms with van der Waals surface area (Å²) in [6.07, 6.45) is 2.49. The average molecular weight is 287 g/mol. The molecular weight excluding hydrogens is 266 g/mol. The van der Waals surface area contributed by atoms with Gasteiger partial charge < -0.3 is 5.11 Å². The number of hydrogen-bond acceptors (Lipinski definition) is 4. The first-order chi connectivity index (χ1) is 8.84. The molecule has 2 rings (SSSR count). The van der Waals surface area contributed by atoms with Gasteiger partial charge in [0.25, 0.3) is 10.1 Å². The van der Waals surface area contributed by atoms with Crippen molar-refractivity contribution in [2.24, 2.45) is 0 Å². The van der Waals surface area contributed by atoms with Gasteiger partial charge in [0.15, 0.2) is 0 Å². The number of benzene rings is 1. The highest BCUT2D eigenvalue weighted by Gasteiger charge is 2.16. The zero-order chi connectivity index (χ0) is 14.3. The minimum Gasteiger partial charge on any atom is -0.393 e. The Kier molecular flexibility index (Phi) is 6.44. The fourth-order valence-electron chi connectivity index (χ4n) is 1.92. The smallest absolute Gasteiger partial charge is 0.261 e. The Morgan fingerprint density at radius 2 is 1.68 bits per heavy atom. The van der Waals surface area contributed by atoms with Gasteiger partial charge in [-0.3, -0.25) is 9.45 Å². The van der Waals surface area contributed by atoms with E-state index >= 15 is 0 Å². The van der Waals surface area contributed by atoms with E-state index in [-0.39, 0.29) is 6.10 Å². The molecule has 1 aliphatic heterocycles. The van der Waals surface area contributed by atoms with Gasteiger partial charge in [-0.15, -0.1) is 0 Å². The molecule has 0 spiro atoms. The molecule has 0 radical (unpaired) electrons. The van der Waals surface area contributed by atoms with Gasteiger partial charge in [-0.05, 0) is 18.4 Å². The normalized spacial score (nSPS) is 17.6. The molecule has 108 valence electrons. The molecule has 1 heterocycles. The number of likely N-dealkylation sites (tertiary alicyclic amines) is 1. The van der Waals surface area contributed by atoms with Crippen LogP contribution in [0.25, 0.3) is 0 Å². The van der Waals surface area contributed by atoms with Crippen molar-refractivity contribution >= 4 is 10.1 Å². The number of nitrogens with zero attached hydrogens (tertiary/aromatic N) is 1. The van der Waals surface area contributed by atoms with Crippen LogP contribution < -0.4 is 0 Å². The summed E-state index contributed by atoms with van der Waals surface area (Å²) in [6, 6.07) is 10.5. The first-order valence-corrected chi connectivity index (χ1v) is 8.06. The van der Waals surface area contributed by atoms with Gasteiger partial charge in [0.05, 0.1) is 12.4 Å². The molecule has 0 aromatic heterocycles. The van der Waals surface area contributed by atoms with Gasteiger partial charge in [0.2, 0.25) is 0 Å². The number of aliphatic hydroxyl groups is 1. The predicted molar refractivity (Wildman–Crippen MR) is 74.4 cm³/mol. The monoisotopic (exact) mass is 287 g/mol. The van der Waals surface area contributed by atoms with Crippen LogP contribution in [-0.2, 0) is 16.7 Å². The Labute approximate surface area is 114 Å². The summed E-state index contributed by atoms with van der Waals surface area (Å²) < 4.78 is 25.9. The van der Waals surface area contributed by atoms with Crippen molar-refractivity contribution in [3.63, 3.8) is 0 Å². The minimum absolute atomic E-state index is 0.0676. The standard InChI is InChI=1S/C12H17NO.CH4O3S/c14-12-6-8-13(9-7-12)10-11-4-2-1-3-5-11;1-5(2,3)4/h1-5,12,14H,6-10H2;1H3,(H,2,3,4). The van der Waals surface area contributed by atoms with Crippen LogP contribution in [0.1, 0.15) is 18.4 Å². The van der Waals surface area contributed by atoms with Gasteiger partial charge in [0, 0.05) is 19.6 Å². The first kappa shape index (κ1) is 16.1. The van der Waals surface area contributed by atoms with Gasteiger partial charge >= 0.3 is 0 Å². The largest absolute Gasteiger partial charge is 0.393 e. The minimum atomic E-state index is -3.67. The third kappa shape index (κ3) is 8.72. The topological polar surface area (TPSA) is 77.8 Å². The van der Waals surface area contributed by atoms with E-state index in [4.69, 9.17) is 4.55 Å². The Hall–Kier alpha value is -0.950. The Balaban J connectivity index is 0.000000312. The van der Waals surface area contributed by atoms with Gasteiger partial charge in [-0.2, -0.15) is 8.42 Å². The lowest BCUT2D eigenvalue weighted by molar-refractivity contribution is 0.0792. The maximum atomic E-state index is 9.37. The molecule has 5 nitrogen and oxygen atoms in total. The highest BCUT2D eigenvalue weighted by Crippen LogP contribution is 2.13. The number of hydrogen-bond donors (Lipinski definition) is 2. The lowest BCUT2D eigenvalue weighted by Gasteiger charge is -2.29. The predicted octanol–water partition coefficient (Wildman–Crippen LogP) is 1.15. The van der Waals surface area contributed by atoms with E-state index < -0.39 is 10.1 Å². The van der Waals surface area contributed by atoms with Gasteiger partial charge in [0.1, 0.15) is 0 Å². The summed E-state index contributed by atoms with van der Waals surface area (Å²) in [7, 11) is -3.67. The van der Waals surface area contributed by atoms with E-state index in [2.05, 4.69) is 29.2 Å². The van der Waals surface area contributed by atoms with Crippen molar-refractivity contribution in [1.82, 2.24) is 4.90 Å². The van der Waals surface area contributed by atoms with Crippen molar-refractivity contribution in [2.75, 3.05) is 19.3 Å². The Bertz CT molecular complexity index is 445. The van der Waals surface area contributed by atoms with Crippen LogP contribution in [0.3, 0.4) is 0 Å². The molecule has 19 heavy (non-hydrogen) atoms. The maximum absolute atomic E-state index is 9.37. The SMILES string of the molecule is CS(=O)(=O)O.OC1CCN(Cc2ccccc2)CC1. The molecule has 0 atom stereocenters. The fraction of sp³-hybridized carbons (Fsp3) is 0.538. The molecule has 0 bridgehead atoms. The molecule has 0 saturated carbocycles. The third-order valence-electron chi connectivity index (χ3n) is 2.81. The lowest BCUT2D eigenvalue weighted by Crippen LogP contribution is -2.35. The van der Waals surface area contributed by atoms with Gasteiger partial charge in [-0.1, -0.05) is 30.3 Å². The van der Waals surface area contributed by atoms with E-state index in [9.17, 15) is 13.5 Å². The van der Waals surface area contributed by atoms with Crippen LogP contribution in [0.15, 0.2) is 30.3 Å². The molecule has 1 aliphatic rings. The summed E-state index contributed by atoms with van der Waals surface area (Å²) >= 11 is 0. The molecule has 6 heteroatoms. The number of aliphatic hydroxyl groups excluding tert-OH is 1. The van der Waals surface area contributed by atoms with Gasteiger partial charge in [-0.25, -0.2) is 0 Å². The lowest BCUT2D eigenvalue weighted by atomic mass is 10.1. The van der Waals surface area contributed by atoms with Crippen LogP contribution in [0.5, 0.6) is 0 Å². The van der Waals surface area contributed by atoms with Crippen molar-refractivity contribution < 1.29 is 18.1 Å². The van der Waals surface area contributed by atoms with E-state index in [0.717, 1.165) is 32.5 Å². The second-order valence-corrected chi connectivity index (χ2v) is 6.19. The molecule has 1 saturated heterocycles. The number of rotatable bonds is 2. The zero-order valence-corrected chi connectivity index (χ0v) is 11.9. The Morgan fingerprint density at radius 3 is 2.16 bits per heavy atom. The maximum Gasteiger partial charge on any atom is 0.261 e. The van der Waals surface area contributed by atoms with Crippen molar-refractivity contribution in [3.05, 3.63) is 35.9 Å². The molecule has 1 aromatic carbocycles. The second kappa shape index (κ2) is 7.59. The Morgan fingerprint density at radius 1 is 1.21 bits per heavy atom. The van der Waals surface area contributed by atoms with E-state index in [0.29, 0.717) is 6.26 Å².